The van der Waals surface area contributed by atoms with Crippen molar-refractivity contribution in [2.75, 3.05) is 25.5 Å². The molecule has 154 valence electrons. The molecule has 0 bridgehead atoms. The standard InChI is InChI=1S/C24H28FNO2S/c25-11-14-29-21-7-5-17(6-8-21)24(28)18-9-12-26(13-10-18)22-15-19-3-1-2-4-20(19)16-23(22)27/h1-8,18,22-23,27H,9-16H2/t22-,23-/m1/s1. The average Bonchev–Trinajstić information content (AvgIpc) is 2.77. The van der Waals surface area contributed by atoms with Crippen molar-refractivity contribution in [3.05, 3.63) is 65.2 Å². The molecule has 1 aliphatic carbocycles. The highest BCUT2D eigenvalue weighted by atomic mass is 32.2. The monoisotopic (exact) mass is 413 g/mol. The van der Waals surface area contributed by atoms with Crippen LogP contribution in [0, 0.1) is 5.92 Å². The number of Topliss-reactive ketones (excluding diaryl/α,β-unsaturated/α-hetero) is 1. The molecule has 1 saturated heterocycles. The van der Waals surface area contributed by atoms with E-state index in [1.54, 1.807) is 0 Å². The lowest BCUT2D eigenvalue weighted by molar-refractivity contribution is 0.0239. The van der Waals surface area contributed by atoms with Crippen molar-refractivity contribution in [1.29, 1.82) is 0 Å². The van der Waals surface area contributed by atoms with Crippen LogP contribution >= 0.6 is 11.8 Å². The molecule has 0 aromatic heterocycles. The van der Waals surface area contributed by atoms with Crippen LogP contribution in [0.25, 0.3) is 0 Å². The highest BCUT2D eigenvalue weighted by molar-refractivity contribution is 7.99. The summed E-state index contributed by atoms with van der Waals surface area (Å²) < 4.78 is 12.3. The minimum atomic E-state index is -0.342. The van der Waals surface area contributed by atoms with Gasteiger partial charge in [-0.25, -0.2) is 0 Å². The van der Waals surface area contributed by atoms with Crippen molar-refractivity contribution < 1.29 is 14.3 Å². The third kappa shape index (κ3) is 4.73. The quantitative estimate of drug-likeness (QED) is 0.570. The number of alkyl halides is 1. The van der Waals surface area contributed by atoms with Crippen LogP contribution in [0.3, 0.4) is 0 Å². The first-order valence-electron chi connectivity index (χ1n) is 10.5. The van der Waals surface area contributed by atoms with Crippen molar-refractivity contribution in [2.24, 2.45) is 5.92 Å². The average molecular weight is 414 g/mol. The van der Waals surface area contributed by atoms with Gasteiger partial charge in [0.1, 0.15) is 0 Å². The van der Waals surface area contributed by atoms with E-state index in [4.69, 9.17) is 0 Å². The van der Waals surface area contributed by atoms with E-state index in [1.165, 1.54) is 22.9 Å². The van der Waals surface area contributed by atoms with E-state index in [9.17, 15) is 14.3 Å². The van der Waals surface area contributed by atoms with Crippen molar-refractivity contribution in [1.82, 2.24) is 4.90 Å². The first kappa shape index (κ1) is 20.6. The molecule has 2 aromatic rings. The number of thioether (sulfide) groups is 1. The molecule has 29 heavy (non-hydrogen) atoms. The number of piperidine rings is 1. The van der Waals surface area contributed by atoms with Gasteiger partial charge in [0.2, 0.25) is 0 Å². The number of nitrogens with zero attached hydrogens (tertiary/aromatic N) is 1. The predicted molar refractivity (Wildman–Crippen MR) is 115 cm³/mol. The lowest BCUT2D eigenvalue weighted by Crippen LogP contribution is -2.51. The second-order valence-corrected chi connectivity index (χ2v) is 9.22. The summed E-state index contributed by atoms with van der Waals surface area (Å²) >= 11 is 1.47. The molecule has 4 rings (SSSR count). The maximum atomic E-state index is 12.9. The summed E-state index contributed by atoms with van der Waals surface area (Å²) in [6.45, 7) is 1.36. The number of benzene rings is 2. The van der Waals surface area contributed by atoms with Gasteiger partial charge in [-0.15, -0.1) is 11.8 Å². The maximum Gasteiger partial charge on any atom is 0.166 e. The fraction of sp³-hybridized carbons (Fsp3) is 0.458. The van der Waals surface area contributed by atoms with E-state index < -0.39 is 0 Å². The SMILES string of the molecule is O=C(c1ccc(SCCF)cc1)C1CCN([C@@H]2Cc3ccccc3C[C@H]2O)CC1. The Bertz CT molecular complexity index is 833. The molecular weight excluding hydrogens is 385 g/mol. The second kappa shape index (κ2) is 9.41. The highest BCUT2D eigenvalue weighted by Gasteiger charge is 2.35. The molecule has 2 aliphatic rings. The van der Waals surface area contributed by atoms with Crippen LogP contribution in [-0.2, 0) is 12.8 Å². The first-order valence-corrected chi connectivity index (χ1v) is 11.5. The molecule has 0 saturated carbocycles. The number of aliphatic hydroxyl groups excluding tert-OH is 1. The van der Waals surface area contributed by atoms with Crippen LogP contribution in [0.15, 0.2) is 53.4 Å². The Labute approximate surface area is 176 Å². The zero-order valence-corrected chi connectivity index (χ0v) is 17.4. The van der Waals surface area contributed by atoms with Gasteiger partial charge in [-0.2, -0.15) is 0 Å². The first-order chi connectivity index (χ1) is 14.2. The molecule has 1 aliphatic heterocycles. The van der Waals surface area contributed by atoms with E-state index >= 15 is 0 Å². The molecule has 1 N–H and O–H groups in total. The third-order valence-electron chi connectivity index (χ3n) is 6.27. The maximum absolute atomic E-state index is 12.9. The van der Waals surface area contributed by atoms with E-state index in [0.29, 0.717) is 12.2 Å². The van der Waals surface area contributed by atoms with E-state index in [1.807, 2.05) is 30.3 Å². The Morgan fingerprint density at radius 3 is 2.34 bits per heavy atom. The lowest BCUT2D eigenvalue weighted by atomic mass is 9.83. The van der Waals surface area contributed by atoms with Gasteiger partial charge in [-0.05, 0) is 55.6 Å². The van der Waals surface area contributed by atoms with E-state index in [-0.39, 0.29) is 30.5 Å². The van der Waals surface area contributed by atoms with Crippen LogP contribution in [0.5, 0.6) is 0 Å². The number of fused-ring (bicyclic) bond motifs is 1. The second-order valence-electron chi connectivity index (χ2n) is 8.05. The molecule has 0 spiro atoms. The van der Waals surface area contributed by atoms with Crippen LogP contribution in [0.1, 0.15) is 34.3 Å². The molecule has 1 heterocycles. The number of halogens is 1. The van der Waals surface area contributed by atoms with Gasteiger partial charge in [0.05, 0.1) is 12.8 Å². The topological polar surface area (TPSA) is 40.5 Å². The zero-order chi connectivity index (χ0) is 20.2. The van der Waals surface area contributed by atoms with Crippen molar-refractivity contribution in [2.45, 2.75) is 42.7 Å². The lowest BCUT2D eigenvalue weighted by Gasteiger charge is -2.41. The number of ketones is 1. The van der Waals surface area contributed by atoms with Gasteiger partial charge in [0.15, 0.2) is 5.78 Å². The van der Waals surface area contributed by atoms with Gasteiger partial charge in [-0.3, -0.25) is 14.1 Å². The van der Waals surface area contributed by atoms with Gasteiger partial charge < -0.3 is 5.11 Å². The number of likely N-dealkylation sites (tertiary alicyclic amines) is 1. The van der Waals surface area contributed by atoms with Crippen LogP contribution in [0.2, 0.25) is 0 Å². The summed E-state index contributed by atoms with van der Waals surface area (Å²) in [6, 6.07) is 16.1. The van der Waals surface area contributed by atoms with Gasteiger partial charge in [0.25, 0.3) is 0 Å². The Kier molecular flexibility index (Phi) is 6.68. The number of hydrogen-bond acceptors (Lipinski definition) is 4. The third-order valence-corrected chi connectivity index (χ3v) is 7.24. The Balaban J connectivity index is 1.34. The van der Waals surface area contributed by atoms with Crippen molar-refractivity contribution in [3.63, 3.8) is 0 Å². The molecule has 3 nitrogen and oxygen atoms in total. The molecule has 0 radical (unpaired) electrons. The van der Waals surface area contributed by atoms with Crippen LogP contribution in [0.4, 0.5) is 4.39 Å². The minimum absolute atomic E-state index is 0.0450. The molecule has 0 unspecified atom stereocenters. The summed E-state index contributed by atoms with van der Waals surface area (Å²) in [7, 11) is 0. The number of aliphatic hydroxyl groups is 1. The summed E-state index contributed by atoms with van der Waals surface area (Å²) in [5.41, 5.74) is 3.35. The Morgan fingerprint density at radius 1 is 1.03 bits per heavy atom. The molecule has 2 aromatic carbocycles. The number of rotatable bonds is 6. The summed E-state index contributed by atoms with van der Waals surface area (Å²) in [6.07, 6.45) is 2.93. The van der Waals surface area contributed by atoms with E-state index in [0.717, 1.165) is 42.8 Å². The zero-order valence-electron chi connectivity index (χ0n) is 16.6. The largest absolute Gasteiger partial charge is 0.391 e. The normalized spacial score (nSPS) is 23.0. The summed E-state index contributed by atoms with van der Waals surface area (Å²) in [5, 5.41) is 10.7. The summed E-state index contributed by atoms with van der Waals surface area (Å²) in [4.78, 5) is 16.3. The fourth-order valence-corrected chi connectivity index (χ4v) is 5.29. The molecule has 0 amide bonds. The number of carbonyl (C=O) groups excluding carboxylic acids is 1. The minimum Gasteiger partial charge on any atom is -0.391 e. The summed E-state index contributed by atoms with van der Waals surface area (Å²) in [5.74, 6) is 0.702. The highest BCUT2D eigenvalue weighted by Crippen LogP contribution is 2.30. The predicted octanol–water partition coefficient (Wildman–Crippen LogP) is 4.17. The molecule has 2 atom stereocenters. The number of carbonyl (C=O) groups is 1. The Morgan fingerprint density at radius 2 is 1.69 bits per heavy atom. The smallest absolute Gasteiger partial charge is 0.166 e. The van der Waals surface area contributed by atoms with E-state index in [2.05, 4.69) is 23.1 Å². The Hall–Kier alpha value is -1.69. The van der Waals surface area contributed by atoms with Gasteiger partial charge in [0, 0.05) is 34.6 Å². The number of hydrogen-bond donors (Lipinski definition) is 1. The fourth-order valence-electron chi connectivity index (χ4n) is 4.65. The van der Waals surface area contributed by atoms with Gasteiger partial charge >= 0.3 is 0 Å². The molecule has 1 fully saturated rings. The van der Waals surface area contributed by atoms with Crippen LogP contribution < -0.4 is 0 Å². The molecular formula is C24H28FNO2S. The van der Waals surface area contributed by atoms with Crippen LogP contribution in [-0.4, -0.2) is 53.5 Å². The van der Waals surface area contributed by atoms with Gasteiger partial charge in [-0.1, -0.05) is 36.4 Å². The van der Waals surface area contributed by atoms with Crippen molar-refractivity contribution in [3.8, 4) is 0 Å². The molecule has 5 heteroatoms. The van der Waals surface area contributed by atoms with Crippen molar-refractivity contribution >= 4 is 17.5 Å².